The summed E-state index contributed by atoms with van der Waals surface area (Å²) in [5.74, 6) is 2.25. The van der Waals surface area contributed by atoms with Crippen LogP contribution in [0.25, 0.3) is 0 Å². The molecule has 1 aliphatic carbocycles. The molecule has 0 heterocycles. The lowest BCUT2D eigenvalue weighted by molar-refractivity contribution is 0.164. The van der Waals surface area contributed by atoms with E-state index in [0.29, 0.717) is 5.92 Å². The second-order valence-corrected chi connectivity index (χ2v) is 6.00. The molecule has 0 aromatic heterocycles. The van der Waals surface area contributed by atoms with Gasteiger partial charge in [0.25, 0.3) is 0 Å². The lowest BCUT2D eigenvalue weighted by Crippen LogP contribution is -2.47. The van der Waals surface area contributed by atoms with E-state index in [2.05, 4.69) is 32.9 Å². The first-order valence-corrected chi connectivity index (χ1v) is 6.91. The molecule has 0 amide bonds. The molecule has 0 radical (unpaired) electrons. The van der Waals surface area contributed by atoms with Crippen LogP contribution < -0.4 is 10.5 Å². The maximum Gasteiger partial charge on any atom is 0.119 e. The predicted octanol–water partition coefficient (Wildman–Crippen LogP) is 3.61. The first-order valence-electron chi connectivity index (χ1n) is 6.91. The molecule has 3 unspecified atom stereocenters. The topological polar surface area (TPSA) is 35.2 Å². The Morgan fingerprint density at radius 3 is 2.61 bits per heavy atom. The Kier molecular flexibility index (Phi) is 3.67. The van der Waals surface area contributed by atoms with E-state index in [9.17, 15) is 0 Å². The van der Waals surface area contributed by atoms with Crippen LogP contribution in [0.15, 0.2) is 18.2 Å². The molecule has 0 saturated heterocycles. The van der Waals surface area contributed by atoms with Crippen molar-refractivity contribution in [1.82, 2.24) is 0 Å². The summed E-state index contributed by atoms with van der Waals surface area (Å²) in [6, 6.07) is 6.27. The molecule has 3 atom stereocenters. The summed E-state index contributed by atoms with van der Waals surface area (Å²) < 4.78 is 5.27. The van der Waals surface area contributed by atoms with E-state index in [1.807, 2.05) is 6.07 Å². The van der Waals surface area contributed by atoms with Crippen molar-refractivity contribution in [2.45, 2.75) is 45.6 Å². The van der Waals surface area contributed by atoms with Gasteiger partial charge in [-0.1, -0.05) is 19.9 Å². The van der Waals surface area contributed by atoms with Gasteiger partial charge < -0.3 is 10.5 Å². The highest BCUT2D eigenvalue weighted by Crippen LogP contribution is 2.43. The zero-order valence-corrected chi connectivity index (χ0v) is 12.0. The number of nitrogens with two attached hydrogens (primary N) is 1. The third kappa shape index (κ3) is 2.26. The highest BCUT2D eigenvalue weighted by Gasteiger charge is 2.38. The number of aryl methyl sites for hydroxylation is 1. The maximum atomic E-state index is 6.74. The van der Waals surface area contributed by atoms with Crippen molar-refractivity contribution >= 4 is 0 Å². The number of ether oxygens (including phenoxy) is 1. The zero-order chi connectivity index (χ0) is 13.3. The minimum Gasteiger partial charge on any atom is -0.497 e. The molecule has 0 bridgehead atoms. The van der Waals surface area contributed by atoms with Gasteiger partial charge in [0.2, 0.25) is 0 Å². The Balaban J connectivity index is 2.35. The van der Waals surface area contributed by atoms with Crippen LogP contribution in [-0.4, -0.2) is 7.11 Å². The Bertz CT molecular complexity index is 429. The van der Waals surface area contributed by atoms with Crippen LogP contribution in [0, 0.1) is 18.8 Å². The zero-order valence-electron chi connectivity index (χ0n) is 12.0. The summed E-state index contributed by atoms with van der Waals surface area (Å²) in [6.45, 7) is 6.76. The quantitative estimate of drug-likeness (QED) is 0.866. The molecule has 1 aromatic rings. The molecule has 2 rings (SSSR count). The van der Waals surface area contributed by atoms with E-state index >= 15 is 0 Å². The molecule has 2 heteroatoms. The van der Waals surface area contributed by atoms with Gasteiger partial charge in [-0.3, -0.25) is 0 Å². The van der Waals surface area contributed by atoms with Crippen molar-refractivity contribution in [3.05, 3.63) is 29.3 Å². The Hall–Kier alpha value is -1.02. The number of benzene rings is 1. The summed E-state index contributed by atoms with van der Waals surface area (Å²) in [7, 11) is 1.71. The molecular formula is C16H25NO. The van der Waals surface area contributed by atoms with Gasteiger partial charge in [-0.25, -0.2) is 0 Å². The molecule has 2 N–H and O–H groups in total. The van der Waals surface area contributed by atoms with E-state index < -0.39 is 0 Å². The first-order chi connectivity index (χ1) is 8.47. The van der Waals surface area contributed by atoms with E-state index in [-0.39, 0.29) is 5.54 Å². The van der Waals surface area contributed by atoms with Crippen molar-refractivity contribution in [1.29, 1.82) is 0 Å². The van der Waals surface area contributed by atoms with Gasteiger partial charge in [0.1, 0.15) is 5.75 Å². The van der Waals surface area contributed by atoms with Gasteiger partial charge in [-0.05, 0) is 61.3 Å². The van der Waals surface area contributed by atoms with Crippen molar-refractivity contribution in [3.63, 3.8) is 0 Å². The maximum absolute atomic E-state index is 6.74. The number of rotatable bonds is 2. The molecule has 1 fully saturated rings. The average Bonchev–Trinajstić information content (AvgIpc) is 2.34. The van der Waals surface area contributed by atoms with Crippen molar-refractivity contribution < 1.29 is 4.74 Å². The number of methoxy groups -OCH3 is 1. The molecule has 1 aromatic carbocycles. The fourth-order valence-electron chi connectivity index (χ4n) is 3.35. The molecular weight excluding hydrogens is 222 g/mol. The van der Waals surface area contributed by atoms with E-state index in [0.717, 1.165) is 18.1 Å². The number of hydrogen-bond donors (Lipinski definition) is 1. The van der Waals surface area contributed by atoms with Crippen LogP contribution in [0.1, 0.15) is 44.2 Å². The highest BCUT2D eigenvalue weighted by molar-refractivity contribution is 5.39. The summed E-state index contributed by atoms with van der Waals surface area (Å²) in [5, 5.41) is 0. The standard InChI is InChI=1S/C16H25NO/c1-11-7-8-16(17,13(3)9-11)15-6-5-14(18-4)10-12(15)2/h5-6,10-11,13H,7-9,17H2,1-4H3. The van der Waals surface area contributed by atoms with E-state index in [1.165, 1.54) is 24.0 Å². The van der Waals surface area contributed by atoms with Gasteiger partial charge >= 0.3 is 0 Å². The second-order valence-electron chi connectivity index (χ2n) is 6.00. The third-order valence-electron chi connectivity index (χ3n) is 4.62. The Morgan fingerprint density at radius 2 is 2.06 bits per heavy atom. The van der Waals surface area contributed by atoms with Gasteiger partial charge in [-0.15, -0.1) is 0 Å². The van der Waals surface area contributed by atoms with Crippen LogP contribution in [0.4, 0.5) is 0 Å². The molecule has 0 aliphatic heterocycles. The average molecular weight is 247 g/mol. The summed E-state index contributed by atoms with van der Waals surface area (Å²) in [5.41, 5.74) is 9.12. The minimum absolute atomic E-state index is 0.164. The lowest BCUT2D eigenvalue weighted by Gasteiger charge is -2.43. The molecule has 100 valence electrons. The van der Waals surface area contributed by atoms with Crippen LogP contribution in [-0.2, 0) is 5.54 Å². The fourth-order valence-corrected chi connectivity index (χ4v) is 3.35. The summed E-state index contributed by atoms with van der Waals surface area (Å²) >= 11 is 0. The van der Waals surface area contributed by atoms with Crippen LogP contribution in [0.2, 0.25) is 0 Å². The monoisotopic (exact) mass is 247 g/mol. The van der Waals surface area contributed by atoms with Gasteiger partial charge in [0.15, 0.2) is 0 Å². The third-order valence-corrected chi connectivity index (χ3v) is 4.62. The largest absolute Gasteiger partial charge is 0.497 e. The van der Waals surface area contributed by atoms with Crippen LogP contribution in [0.3, 0.4) is 0 Å². The Morgan fingerprint density at radius 1 is 1.33 bits per heavy atom. The van der Waals surface area contributed by atoms with Gasteiger partial charge in [-0.2, -0.15) is 0 Å². The number of hydrogen-bond acceptors (Lipinski definition) is 2. The molecule has 2 nitrogen and oxygen atoms in total. The van der Waals surface area contributed by atoms with E-state index in [4.69, 9.17) is 10.5 Å². The second kappa shape index (κ2) is 4.93. The van der Waals surface area contributed by atoms with Crippen LogP contribution in [0.5, 0.6) is 5.75 Å². The van der Waals surface area contributed by atoms with Gasteiger partial charge in [0, 0.05) is 5.54 Å². The summed E-state index contributed by atoms with van der Waals surface area (Å²) in [4.78, 5) is 0. The smallest absolute Gasteiger partial charge is 0.119 e. The fraction of sp³-hybridized carbons (Fsp3) is 0.625. The van der Waals surface area contributed by atoms with Crippen molar-refractivity contribution in [3.8, 4) is 5.75 Å². The summed E-state index contributed by atoms with van der Waals surface area (Å²) in [6.07, 6.45) is 3.54. The van der Waals surface area contributed by atoms with Crippen molar-refractivity contribution in [2.24, 2.45) is 17.6 Å². The lowest BCUT2D eigenvalue weighted by atomic mass is 9.66. The molecule has 0 spiro atoms. The predicted molar refractivity (Wildman–Crippen MR) is 75.8 cm³/mol. The molecule has 1 saturated carbocycles. The molecule has 1 aliphatic rings. The first kappa shape index (κ1) is 13.4. The van der Waals surface area contributed by atoms with Crippen LogP contribution >= 0.6 is 0 Å². The van der Waals surface area contributed by atoms with Crippen molar-refractivity contribution in [2.75, 3.05) is 7.11 Å². The SMILES string of the molecule is COc1ccc(C2(N)CCC(C)CC2C)c(C)c1. The highest BCUT2D eigenvalue weighted by atomic mass is 16.5. The normalized spacial score (nSPS) is 32.3. The van der Waals surface area contributed by atoms with Gasteiger partial charge in [0.05, 0.1) is 7.11 Å². The van der Waals surface area contributed by atoms with E-state index in [1.54, 1.807) is 7.11 Å². The molecule has 18 heavy (non-hydrogen) atoms. The Labute approximate surface area is 111 Å². The minimum atomic E-state index is -0.164.